The summed E-state index contributed by atoms with van der Waals surface area (Å²) in [4.78, 5) is 41.1. The number of carbonyl (C=O) groups is 3. The Hall–Kier alpha value is -3.75. The lowest BCUT2D eigenvalue weighted by Gasteiger charge is -2.27. The van der Waals surface area contributed by atoms with Gasteiger partial charge in [-0.15, -0.1) is 0 Å². The lowest BCUT2D eigenvalue weighted by atomic mass is 10.1. The van der Waals surface area contributed by atoms with Crippen molar-refractivity contribution in [3.63, 3.8) is 0 Å². The first kappa shape index (κ1) is 20.5. The van der Waals surface area contributed by atoms with Gasteiger partial charge in [-0.3, -0.25) is 14.5 Å². The third-order valence-corrected chi connectivity index (χ3v) is 5.42. The summed E-state index contributed by atoms with van der Waals surface area (Å²) in [6, 6.07) is 13.1. The van der Waals surface area contributed by atoms with E-state index in [-0.39, 0.29) is 6.54 Å². The van der Waals surface area contributed by atoms with Crippen LogP contribution in [0.15, 0.2) is 47.6 Å². The van der Waals surface area contributed by atoms with Crippen molar-refractivity contribution in [2.45, 2.75) is 20.1 Å². The van der Waals surface area contributed by atoms with E-state index >= 15 is 0 Å². The first-order valence-electron chi connectivity index (χ1n) is 9.98. The van der Waals surface area contributed by atoms with Crippen LogP contribution in [-0.4, -0.2) is 60.4 Å². The molecule has 0 spiro atoms. The molecule has 1 unspecified atom stereocenters. The quantitative estimate of drug-likeness (QED) is 0.587. The fourth-order valence-electron chi connectivity index (χ4n) is 3.70. The van der Waals surface area contributed by atoms with Crippen molar-refractivity contribution in [1.29, 1.82) is 0 Å². The predicted octanol–water partition coefficient (Wildman–Crippen LogP) is 1.89. The van der Waals surface area contributed by atoms with Crippen molar-refractivity contribution >= 4 is 29.1 Å². The number of azo groups is 2. The van der Waals surface area contributed by atoms with E-state index in [0.717, 1.165) is 27.3 Å². The highest BCUT2D eigenvalue weighted by Gasteiger charge is 2.49. The summed E-state index contributed by atoms with van der Waals surface area (Å²) in [5.74, 6) is -1.16. The highest BCUT2D eigenvalue weighted by Crippen LogP contribution is 2.28. The Kier molecular flexibility index (Phi) is 5.41. The number of aryl methyl sites for hydroxylation is 2. The molecule has 0 aromatic heterocycles. The standard InChI is InChI=1S/C22H23N5O4/c1-14-4-5-15(2)18(12-14)23-19(28)13-27-21(30)20(29)26-11-10-25(22(26)24-27)16-6-8-17(31-3)9-7-16/h4-9,12,22H,10-11,13H2,1-3H3/p+1. The van der Waals surface area contributed by atoms with Crippen LogP contribution < -0.4 is 15.0 Å². The van der Waals surface area contributed by atoms with Crippen LogP contribution in [0, 0.1) is 13.8 Å². The topological polar surface area (TPSA) is 94.3 Å². The van der Waals surface area contributed by atoms with E-state index in [1.165, 1.54) is 4.90 Å². The van der Waals surface area contributed by atoms with Crippen LogP contribution in [0.1, 0.15) is 11.1 Å². The zero-order valence-corrected chi connectivity index (χ0v) is 17.7. The van der Waals surface area contributed by atoms with E-state index in [0.29, 0.717) is 18.8 Å². The van der Waals surface area contributed by atoms with Crippen LogP contribution in [0.4, 0.5) is 11.4 Å². The SMILES string of the molecule is COc1ccc(N2CCN3C(=O)C(=O)[N+](CC(=O)Nc4cc(C)ccc4C)=NC32)cc1. The second-order valence-electron chi connectivity index (χ2n) is 7.58. The van der Waals surface area contributed by atoms with E-state index in [1.807, 2.05) is 61.2 Å². The number of methoxy groups -OCH3 is 1. The number of ether oxygens (including phenoxy) is 1. The molecule has 2 aromatic rings. The predicted molar refractivity (Wildman–Crippen MR) is 113 cm³/mol. The summed E-state index contributed by atoms with van der Waals surface area (Å²) in [5, 5.41) is 7.22. The van der Waals surface area contributed by atoms with Crippen LogP contribution in [0.5, 0.6) is 5.75 Å². The van der Waals surface area contributed by atoms with Gasteiger partial charge in [-0.1, -0.05) is 12.1 Å². The van der Waals surface area contributed by atoms with Crippen molar-refractivity contribution in [2.75, 3.05) is 37.0 Å². The van der Waals surface area contributed by atoms with Crippen molar-refractivity contribution in [1.82, 2.24) is 4.90 Å². The van der Waals surface area contributed by atoms with Gasteiger partial charge in [-0.25, -0.2) is 4.79 Å². The average molecular weight is 422 g/mol. The summed E-state index contributed by atoms with van der Waals surface area (Å²) in [5.41, 5.74) is 3.43. The molecule has 3 amide bonds. The minimum atomic E-state index is -0.802. The van der Waals surface area contributed by atoms with Gasteiger partial charge < -0.3 is 15.0 Å². The lowest BCUT2D eigenvalue weighted by molar-refractivity contribution is -0.509. The molecule has 2 aromatic carbocycles. The summed E-state index contributed by atoms with van der Waals surface area (Å²) in [6.07, 6.45) is -0.674. The molecule has 2 aliphatic heterocycles. The maximum absolute atomic E-state index is 12.6. The Bertz CT molecular complexity index is 1080. The zero-order valence-electron chi connectivity index (χ0n) is 17.7. The summed E-state index contributed by atoms with van der Waals surface area (Å²) >= 11 is 0. The van der Waals surface area contributed by atoms with Crippen molar-refractivity contribution in [3.05, 3.63) is 53.6 Å². The second kappa shape index (κ2) is 8.17. The molecule has 9 heteroatoms. The van der Waals surface area contributed by atoms with Crippen molar-refractivity contribution in [3.8, 4) is 5.75 Å². The third-order valence-electron chi connectivity index (χ3n) is 5.42. The minimum absolute atomic E-state index is 0.335. The molecule has 1 saturated heterocycles. The molecule has 31 heavy (non-hydrogen) atoms. The van der Waals surface area contributed by atoms with Crippen LogP contribution in [0.2, 0.25) is 0 Å². The lowest BCUT2D eigenvalue weighted by Crippen LogP contribution is -2.52. The van der Waals surface area contributed by atoms with Gasteiger partial charge in [0.15, 0.2) is 0 Å². The summed E-state index contributed by atoms with van der Waals surface area (Å²) in [7, 11) is 1.59. The van der Waals surface area contributed by atoms with E-state index in [2.05, 4.69) is 10.4 Å². The molecule has 1 atom stereocenters. The smallest absolute Gasteiger partial charge is 0.497 e. The van der Waals surface area contributed by atoms with Gasteiger partial charge in [0.1, 0.15) is 5.75 Å². The Morgan fingerprint density at radius 1 is 1.13 bits per heavy atom. The molecule has 0 saturated carbocycles. The number of anilines is 2. The Labute approximate surface area is 179 Å². The van der Waals surface area contributed by atoms with Gasteiger partial charge >= 0.3 is 11.8 Å². The zero-order chi connectivity index (χ0) is 22.1. The number of amides is 3. The summed E-state index contributed by atoms with van der Waals surface area (Å²) in [6.45, 7) is 4.39. The second-order valence-corrected chi connectivity index (χ2v) is 7.58. The number of nitrogens with one attached hydrogen (secondary N) is 1. The Balaban J connectivity index is 1.55. The van der Waals surface area contributed by atoms with E-state index in [4.69, 9.17) is 4.74 Å². The van der Waals surface area contributed by atoms with E-state index in [1.54, 1.807) is 7.11 Å². The molecule has 2 aliphatic rings. The average Bonchev–Trinajstić information content (AvgIpc) is 3.18. The molecule has 0 radical (unpaired) electrons. The fourth-order valence-corrected chi connectivity index (χ4v) is 3.70. The highest BCUT2D eigenvalue weighted by atomic mass is 16.5. The molecular formula is C22H24N5O4+. The van der Waals surface area contributed by atoms with E-state index < -0.39 is 24.0 Å². The largest absolute Gasteiger partial charge is 0.502 e. The van der Waals surface area contributed by atoms with Crippen LogP contribution in [-0.2, 0) is 14.4 Å². The molecule has 2 heterocycles. The number of benzene rings is 2. The van der Waals surface area contributed by atoms with E-state index in [9.17, 15) is 14.4 Å². The first-order chi connectivity index (χ1) is 14.9. The van der Waals surface area contributed by atoms with Gasteiger partial charge in [0, 0.05) is 29.6 Å². The summed E-state index contributed by atoms with van der Waals surface area (Å²) < 4.78 is 6.16. The van der Waals surface area contributed by atoms with Gasteiger partial charge in [-0.05, 0) is 60.0 Å². The fraction of sp³-hybridized carbons (Fsp3) is 0.318. The van der Waals surface area contributed by atoms with Gasteiger partial charge in [0.05, 0.1) is 7.11 Å². The maximum Gasteiger partial charge on any atom is 0.502 e. The first-order valence-corrected chi connectivity index (χ1v) is 9.98. The number of rotatable bonds is 5. The molecule has 160 valence electrons. The Morgan fingerprint density at radius 3 is 2.55 bits per heavy atom. The molecule has 4 rings (SSSR count). The molecule has 0 bridgehead atoms. The third kappa shape index (κ3) is 3.98. The minimum Gasteiger partial charge on any atom is -0.497 e. The van der Waals surface area contributed by atoms with Crippen molar-refractivity contribution in [2.24, 2.45) is 5.11 Å². The highest BCUT2D eigenvalue weighted by molar-refractivity contribution is 6.32. The molecule has 1 N–H and O–H groups in total. The van der Waals surface area contributed by atoms with Gasteiger partial charge in [0.2, 0.25) is 0 Å². The van der Waals surface area contributed by atoms with Crippen LogP contribution >= 0.6 is 0 Å². The van der Waals surface area contributed by atoms with Crippen molar-refractivity contribution < 1.29 is 23.8 Å². The number of carbonyl (C=O) groups excluding carboxylic acids is 3. The molecule has 9 nitrogen and oxygen atoms in total. The van der Waals surface area contributed by atoms with Gasteiger partial charge in [0.25, 0.3) is 18.7 Å². The van der Waals surface area contributed by atoms with Crippen LogP contribution in [0.25, 0.3) is 0 Å². The Morgan fingerprint density at radius 2 is 1.84 bits per heavy atom. The normalized spacial score (nSPS) is 18.0. The maximum atomic E-state index is 12.6. The van der Waals surface area contributed by atoms with Gasteiger partial charge in [-0.2, -0.15) is 0 Å². The molecular weight excluding hydrogens is 398 g/mol. The number of fused-ring (bicyclic) bond motifs is 1. The van der Waals surface area contributed by atoms with Crippen LogP contribution in [0.3, 0.4) is 0 Å². The monoisotopic (exact) mass is 422 g/mol. The molecule has 1 fully saturated rings. The number of hydrogen-bond donors (Lipinski definition) is 1. The number of nitrogens with zero attached hydrogens (tertiary/aromatic N) is 4. The molecule has 0 aliphatic carbocycles. The number of hydrogen-bond acceptors (Lipinski definition) is 6.